The molecule has 0 bridgehead atoms. The second-order valence-corrected chi connectivity index (χ2v) is 10.9. The molecule has 0 saturated heterocycles. The highest BCUT2D eigenvalue weighted by molar-refractivity contribution is 5.88. The lowest BCUT2D eigenvalue weighted by atomic mass is 9.67. The van der Waals surface area contributed by atoms with Gasteiger partial charge in [0.2, 0.25) is 11.8 Å². The van der Waals surface area contributed by atoms with Crippen LogP contribution in [-0.2, 0) is 26.8 Å². The van der Waals surface area contributed by atoms with Gasteiger partial charge in [-0.15, -0.1) is 0 Å². The molecule has 0 aliphatic heterocycles. The highest BCUT2D eigenvalue weighted by Gasteiger charge is 2.39. The van der Waals surface area contributed by atoms with Crippen molar-refractivity contribution < 1.29 is 9.59 Å². The number of nitrogens with two attached hydrogens (primary N) is 1. The zero-order valence-electron chi connectivity index (χ0n) is 22.4. The zero-order valence-corrected chi connectivity index (χ0v) is 22.4. The fourth-order valence-corrected chi connectivity index (χ4v) is 5.06. The van der Waals surface area contributed by atoms with Gasteiger partial charge in [-0.1, -0.05) is 136 Å². The standard InChI is InChI=1S/C34H36N2O2/c1-33(2,3)26-21-19-25(20-22-26)23-30(32(35)38)36-31(37)24-34(27-13-7-4-8-14-27,28-15-9-5-10-16-28)29-17-11-6-12-18-29/h4-22,30H,23-24H2,1-3H3,(H2,35,38)(H,36,37)/t30-/m0/s1. The number of rotatable bonds is 9. The lowest BCUT2D eigenvalue weighted by Crippen LogP contribution is -2.48. The van der Waals surface area contributed by atoms with Crippen LogP contribution in [0.2, 0.25) is 0 Å². The molecule has 0 unspecified atom stereocenters. The summed E-state index contributed by atoms with van der Waals surface area (Å²) in [4.78, 5) is 26.2. The van der Waals surface area contributed by atoms with Crippen LogP contribution in [0.25, 0.3) is 0 Å². The van der Waals surface area contributed by atoms with Crippen molar-refractivity contribution in [2.45, 2.75) is 50.5 Å². The summed E-state index contributed by atoms with van der Waals surface area (Å²) in [6, 6.07) is 37.5. The molecule has 0 radical (unpaired) electrons. The average Bonchev–Trinajstić information content (AvgIpc) is 2.92. The first-order valence-corrected chi connectivity index (χ1v) is 13.0. The van der Waals surface area contributed by atoms with Crippen LogP contribution in [0, 0.1) is 0 Å². The van der Waals surface area contributed by atoms with Crippen molar-refractivity contribution in [1.82, 2.24) is 5.32 Å². The zero-order chi connectivity index (χ0) is 27.2. The number of benzene rings is 4. The number of primary amides is 1. The normalized spacial score (nSPS) is 12.5. The molecular formula is C34H36N2O2. The van der Waals surface area contributed by atoms with E-state index in [2.05, 4.69) is 74.6 Å². The Kier molecular flexibility index (Phi) is 8.11. The minimum absolute atomic E-state index is 0.0332. The van der Waals surface area contributed by atoms with E-state index in [0.717, 1.165) is 22.3 Å². The summed E-state index contributed by atoms with van der Waals surface area (Å²) >= 11 is 0. The molecule has 194 valence electrons. The molecule has 1 atom stereocenters. The lowest BCUT2D eigenvalue weighted by Gasteiger charge is -2.36. The van der Waals surface area contributed by atoms with Gasteiger partial charge < -0.3 is 11.1 Å². The maximum Gasteiger partial charge on any atom is 0.240 e. The van der Waals surface area contributed by atoms with Gasteiger partial charge in [0.1, 0.15) is 6.04 Å². The van der Waals surface area contributed by atoms with Gasteiger partial charge in [-0.05, 0) is 33.2 Å². The number of carbonyl (C=O) groups excluding carboxylic acids is 2. The molecule has 3 N–H and O–H groups in total. The number of nitrogens with one attached hydrogen (secondary N) is 1. The van der Waals surface area contributed by atoms with Crippen LogP contribution >= 0.6 is 0 Å². The Balaban J connectivity index is 1.67. The summed E-state index contributed by atoms with van der Waals surface area (Å²) in [5, 5.41) is 2.96. The predicted molar refractivity (Wildman–Crippen MR) is 154 cm³/mol. The molecule has 0 aromatic heterocycles. The Morgan fingerprint density at radius 3 is 1.45 bits per heavy atom. The van der Waals surface area contributed by atoms with Gasteiger partial charge in [0.25, 0.3) is 0 Å². The third kappa shape index (κ3) is 6.03. The third-order valence-corrected chi connectivity index (χ3v) is 7.16. The van der Waals surface area contributed by atoms with E-state index in [1.54, 1.807) is 0 Å². The Morgan fingerprint density at radius 2 is 1.08 bits per heavy atom. The molecule has 2 amide bonds. The van der Waals surface area contributed by atoms with Crippen molar-refractivity contribution in [1.29, 1.82) is 0 Å². The van der Waals surface area contributed by atoms with Gasteiger partial charge in [-0.25, -0.2) is 0 Å². The van der Waals surface area contributed by atoms with Gasteiger partial charge in [0, 0.05) is 12.8 Å². The van der Waals surface area contributed by atoms with Gasteiger partial charge in [-0.3, -0.25) is 9.59 Å². The van der Waals surface area contributed by atoms with E-state index >= 15 is 0 Å². The molecule has 0 saturated carbocycles. The number of carbonyl (C=O) groups is 2. The van der Waals surface area contributed by atoms with Crippen LogP contribution in [0.5, 0.6) is 0 Å². The van der Waals surface area contributed by atoms with Crippen LogP contribution in [0.1, 0.15) is 55.0 Å². The van der Waals surface area contributed by atoms with Gasteiger partial charge in [-0.2, -0.15) is 0 Å². The van der Waals surface area contributed by atoms with E-state index in [9.17, 15) is 9.59 Å². The van der Waals surface area contributed by atoms with E-state index in [4.69, 9.17) is 5.73 Å². The molecule has 0 aliphatic carbocycles. The maximum absolute atomic E-state index is 13.8. The Hall–Kier alpha value is -4.18. The lowest BCUT2D eigenvalue weighted by molar-refractivity contribution is -0.127. The molecule has 4 rings (SSSR count). The fourth-order valence-electron chi connectivity index (χ4n) is 5.06. The minimum Gasteiger partial charge on any atom is -0.368 e. The summed E-state index contributed by atoms with van der Waals surface area (Å²) in [6.45, 7) is 6.48. The Labute approximate surface area is 225 Å². The van der Waals surface area contributed by atoms with E-state index < -0.39 is 17.4 Å². The molecule has 0 spiro atoms. The van der Waals surface area contributed by atoms with Crippen molar-refractivity contribution in [3.05, 3.63) is 143 Å². The van der Waals surface area contributed by atoms with Crippen LogP contribution < -0.4 is 11.1 Å². The largest absolute Gasteiger partial charge is 0.368 e. The van der Waals surface area contributed by atoms with Crippen molar-refractivity contribution >= 4 is 11.8 Å². The Morgan fingerprint density at radius 1 is 0.658 bits per heavy atom. The number of hydrogen-bond donors (Lipinski definition) is 2. The van der Waals surface area contributed by atoms with Gasteiger partial charge in [0.15, 0.2) is 0 Å². The molecule has 0 aliphatic rings. The van der Waals surface area contributed by atoms with Crippen LogP contribution in [0.3, 0.4) is 0 Å². The second kappa shape index (κ2) is 11.5. The first-order chi connectivity index (χ1) is 18.2. The highest BCUT2D eigenvalue weighted by Crippen LogP contribution is 2.42. The third-order valence-electron chi connectivity index (χ3n) is 7.16. The molecule has 0 fully saturated rings. The van der Waals surface area contributed by atoms with Gasteiger partial charge in [0.05, 0.1) is 5.41 Å². The van der Waals surface area contributed by atoms with Crippen molar-refractivity contribution in [3.8, 4) is 0 Å². The summed E-state index contributed by atoms with van der Waals surface area (Å²) in [6.07, 6.45) is 0.457. The maximum atomic E-state index is 13.8. The molecule has 0 heterocycles. The molecule has 4 aromatic carbocycles. The monoisotopic (exact) mass is 504 g/mol. The SMILES string of the molecule is CC(C)(C)c1ccc(C[C@H](NC(=O)CC(c2ccccc2)(c2ccccc2)c2ccccc2)C(N)=O)cc1. The average molecular weight is 505 g/mol. The summed E-state index contributed by atoms with van der Waals surface area (Å²) in [7, 11) is 0. The summed E-state index contributed by atoms with van der Waals surface area (Å²) < 4.78 is 0. The van der Waals surface area contributed by atoms with Crippen LogP contribution in [0.4, 0.5) is 0 Å². The van der Waals surface area contributed by atoms with E-state index in [1.807, 2.05) is 66.7 Å². The van der Waals surface area contributed by atoms with Crippen LogP contribution in [0.15, 0.2) is 115 Å². The first-order valence-electron chi connectivity index (χ1n) is 13.0. The number of amides is 2. The first kappa shape index (κ1) is 26.9. The highest BCUT2D eigenvalue weighted by atomic mass is 16.2. The number of hydrogen-bond acceptors (Lipinski definition) is 2. The van der Waals surface area contributed by atoms with E-state index in [0.29, 0.717) is 6.42 Å². The molecule has 4 nitrogen and oxygen atoms in total. The summed E-state index contributed by atoms with van der Waals surface area (Å²) in [5.74, 6) is -0.792. The molecular weight excluding hydrogens is 468 g/mol. The topological polar surface area (TPSA) is 72.2 Å². The van der Waals surface area contributed by atoms with Crippen LogP contribution in [-0.4, -0.2) is 17.9 Å². The Bertz CT molecular complexity index is 1250. The fraction of sp³-hybridized carbons (Fsp3) is 0.235. The second-order valence-electron chi connectivity index (χ2n) is 10.9. The molecule has 38 heavy (non-hydrogen) atoms. The van der Waals surface area contributed by atoms with Crippen molar-refractivity contribution in [2.24, 2.45) is 5.73 Å². The smallest absolute Gasteiger partial charge is 0.240 e. The van der Waals surface area contributed by atoms with Crippen molar-refractivity contribution in [2.75, 3.05) is 0 Å². The summed E-state index contributed by atoms with van der Waals surface area (Å²) in [5.41, 5.74) is 10.2. The predicted octanol–water partition coefficient (Wildman–Crippen LogP) is 5.92. The van der Waals surface area contributed by atoms with E-state index in [1.165, 1.54) is 5.56 Å². The van der Waals surface area contributed by atoms with Crippen molar-refractivity contribution in [3.63, 3.8) is 0 Å². The molecule has 4 aromatic rings. The minimum atomic E-state index is -0.817. The quantitative estimate of drug-likeness (QED) is 0.278. The molecule has 4 heteroatoms. The van der Waals surface area contributed by atoms with E-state index in [-0.39, 0.29) is 17.7 Å². The van der Waals surface area contributed by atoms with Gasteiger partial charge >= 0.3 is 0 Å².